The Morgan fingerprint density at radius 1 is 1.24 bits per heavy atom. The van der Waals surface area contributed by atoms with Gasteiger partial charge in [0, 0.05) is 12.1 Å². The van der Waals surface area contributed by atoms with Crippen molar-refractivity contribution >= 4 is 21.6 Å². The molecule has 0 aromatic heterocycles. The number of aryl methyl sites for hydroxylation is 1. The average Bonchev–Trinajstić information content (AvgIpc) is 2.26. The van der Waals surface area contributed by atoms with Crippen LogP contribution in [0.2, 0.25) is 0 Å². The van der Waals surface area contributed by atoms with Crippen molar-refractivity contribution in [2.24, 2.45) is 0 Å². The molecule has 2 aromatic rings. The van der Waals surface area contributed by atoms with Crippen LogP contribution in [0, 0.1) is 12.7 Å². The number of nitrogens with two attached hydrogens (primary N) is 1. The molecule has 0 spiro atoms. The Morgan fingerprint density at radius 3 is 2.71 bits per heavy atom. The predicted octanol–water partition coefficient (Wildman–Crippen LogP) is 4.27. The van der Waals surface area contributed by atoms with Crippen molar-refractivity contribution in [3.8, 4) is 11.5 Å². The number of anilines is 1. The van der Waals surface area contributed by atoms with Crippen LogP contribution in [0.15, 0.2) is 40.9 Å². The lowest BCUT2D eigenvalue weighted by Gasteiger charge is -2.09. The van der Waals surface area contributed by atoms with E-state index >= 15 is 0 Å². The Bertz CT molecular complexity index is 557. The highest BCUT2D eigenvalue weighted by Crippen LogP contribution is 2.32. The number of benzene rings is 2. The van der Waals surface area contributed by atoms with Gasteiger partial charge >= 0.3 is 0 Å². The SMILES string of the molecule is Cc1cccc(Oc2cc(Br)c(F)cc2N)c1. The summed E-state index contributed by atoms with van der Waals surface area (Å²) >= 11 is 3.10. The Balaban J connectivity index is 2.33. The molecule has 0 saturated carbocycles. The summed E-state index contributed by atoms with van der Waals surface area (Å²) in [5.74, 6) is 0.707. The molecule has 0 radical (unpaired) electrons. The van der Waals surface area contributed by atoms with Crippen LogP contribution in [-0.4, -0.2) is 0 Å². The van der Waals surface area contributed by atoms with Gasteiger partial charge in [0.15, 0.2) is 5.75 Å². The lowest BCUT2D eigenvalue weighted by molar-refractivity contribution is 0.482. The molecule has 2 aromatic carbocycles. The second kappa shape index (κ2) is 4.75. The van der Waals surface area contributed by atoms with Gasteiger partial charge in [0.1, 0.15) is 11.6 Å². The van der Waals surface area contributed by atoms with Crippen LogP contribution < -0.4 is 10.5 Å². The monoisotopic (exact) mass is 295 g/mol. The lowest BCUT2D eigenvalue weighted by atomic mass is 10.2. The second-order valence-corrected chi connectivity index (χ2v) is 4.58. The molecular formula is C13H11BrFNO. The minimum absolute atomic E-state index is 0.271. The van der Waals surface area contributed by atoms with Gasteiger partial charge in [-0.2, -0.15) is 0 Å². The van der Waals surface area contributed by atoms with Crippen LogP contribution in [0.25, 0.3) is 0 Å². The van der Waals surface area contributed by atoms with Gasteiger partial charge in [-0.05, 0) is 40.5 Å². The molecular weight excluding hydrogens is 285 g/mol. The van der Waals surface area contributed by atoms with Gasteiger partial charge in [-0.25, -0.2) is 4.39 Å². The molecule has 88 valence electrons. The van der Waals surface area contributed by atoms with Crippen LogP contribution in [0.4, 0.5) is 10.1 Å². The Morgan fingerprint density at radius 2 is 2.00 bits per heavy atom. The summed E-state index contributed by atoms with van der Waals surface area (Å²) in [7, 11) is 0. The maximum atomic E-state index is 13.2. The first-order valence-corrected chi connectivity index (χ1v) is 5.84. The lowest BCUT2D eigenvalue weighted by Crippen LogP contribution is -1.94. The van der Waals surface area contributed by atoms with E-state index in [0.29, 0.717) is 16.0 Å². The molecule has 2 rings (SSSR count). The van der Waals surface area contributed by atoms with Gasteiger partial charge in [-0.1, -0.05) is 12.1 Å². The molecule has 0 unspecified atom stereocenters. The molecule has 0 saturated heterocycles. The highest BCUT2D eigenvalue weighted by molar-refractivity contribution is 9.10. The van der Waals surface area contributed by atoms with E-state index < -0.39 is 5.82 Å². The van der Waals surface area contributed by atoms with Gasteiger partial charge < -0.3 is 10.5 Å². The Kier molecular flexibility index (Phi) is 3.33. The van der Waals surface area contributed by atoms with E-state index in [1.165, 1.54) is 12.1 Å². The normalized spacial score (nSPS) is 10.3. The Labute approximate surface area is 107 Å². The van der Waals surface area contributed by atoms with Crippen molar-refractivity contribution in [2.45, 2.75) is 6.92 Å². The summed E-state index contributed by atoms with van der Waals surface area (Å²) < 4.78 is 19.1. The Hall–Kier alpha value is -1.55. The molecule has 17 heavy (non-hydrogen) atoms. The smallest absolute Gasteiger partial charge is 0.151 e. The van der Waals surface area contributed by atoms with Crippen LogP contribution in [0.3, 0.4) is 0 Å². The molecule has 0 atom stereocenters. The highest BCUT2D eigenvalue weighted by atomic mass is 79.9. The largest absolute Gasteiger partial charge is 0.455 e. The number of ether oxygens (including phenoxy) is 1. The molecule has 0 bridgehead atoms. The van der Waals surface area contributed by atoms with E-state index in [1.54, 1.807) is 0 Å². The number of hydrogen-bond donors (Lipinski definition) is 1. The fourth-order valence-corrected chi connectivity index (χ4v) is 1.76. The van der Waals surface area contributed by atoms with E-state index in [4.69, 9.17) is 10.5 Å². The third kappa shape index (κ3) is 2.77. The summed E-state index contributed by atoms with van der Waals surface area (Å²) in [6.07, 6.45) is 0. The number of hydrogen-bond acceptors (Lipinski definition) is 2. The maximum Gasteiger partial charge on any atom is 0.151 e. The fraction of sp³-hybridized carbons (Fsp3) is 0.0769. The van der Waals surface area contributed by atoms with E-state index in [9.17, 15) is 4.39 Å². The molecule has 0 amide bonds. The van der Waals surface area contributed by atoms with Crippen molar-refractivity contribution in [1.29, 1.82) is 0 Å². The molecule has 0 aliphatic carbocycles. The van der Waals surface area contributed by atoms with Crippen LogP contribution >= 0.6 is 15.9 Å². The predicted molar refractivity (Wildman–Crippen MR) is 69.8 cm³/mol. The summed E-state index contributed by atoms with van der Waals surface area (Å²) in [5.41, 5.74) is 7.05. The fourth-order valence-electron chi connectivity index (χ4n) is 1.44. The molecule has 0 fully saturated rings. The maximum absolute atomic E-state index is 13.2. The average molecular weight is 296 g/mol. The van der Waals surface area contributed by atoms with Gasteiger partial charge in [0.2, 0.25) is 0 Å². The minimum atomic E-state index is -0.404. The highest BCUT2D eigenvalue weighted by Gasteiger charge is 2.08. The first-order valence-electron chi connectivity index (χ1n) is 5.05. The summed E-state index contributed by atoms with van der Waals surface area (Å²) in [6.45, 7) is 1.97. The van der Waals surface area contributed by atoms with Gasteiger partial charge in [0.25, 0.3) is 0 Å². The van der Waals surface area contributed by atoms with Gasteiger partial charge in [-0.3, -0.25) is 0 Å². The minimum Gasteiger partial charge on any atom is -0.455 e. The van der Waals surface area contributed by atoms with E-state index in [-0.39, 0.29) is 5.69 Å². The standard InChI is InChI=1S/C13H11BrFNO/c1-8-3-2-4-9(5-8)17-13-6-10(14)11(15)7-12(13)16/h2-7H,16H2,1H3. The zero-order valence-electron chi connectivity index (χ0n) is 9.21. The van der Waals surface area contributed by atoms with Crippen LogP contribution in [0.1, 0.15) is 5.56 Å². The molecule has 0 aliphatic rings. The van der Waals surface area contributed by atoms with Crippen molar-refractivity contribution in [2.75, 3.05) is 5.73 Å². The first kappa shape index (κ1) is 11.9. The van der Waals surface area contributed by atoms with E-state index in [1.807, 2.05) is 31.2 Å². The molecule has 2 nitrogen and oxygen atoms in total. The molecule has 0 aliphatic heterocycles. The summed E-state index contributed by atoms with van der Waals surface area (Å²) in [5, 5.41) is 0. The number of nitrogen functional groups attached to an aromatic ring is 1. The van der Waals surface area contributed by atoms with Gasteiger partial charge in [-0.15, -0.1) is 0 Å². The quantitative estimate of drug-likeness (QED) is 0.840. The first-order chi connectivity index (χ1) is 8.06. The summed E-state index contributed by atoms with van der Waals surface area (Å²) in [6, 6.07) is 10.3. The third-order valence-corrected chi connectivity index (χ3v) is 2.88. The topological polar surface area (TPSA) is 35.2 Å². The second-order valence-electron chi connectivity index (χ2n) is 3.72. The summed E-state index contributed by atoms with van der Waals surface area (Å²) in [4.78, 5) is 0. The molecule has 0 heterocycles. The van der Waals surface area contributed by atoms with E-state index in [2.05, 4.69) is 15.9 Å². The number of rotatable bonds is 2. The van der Waals surface area contributed by atoms with E-state index in [0.717, 1.165) is 5.56 Å². The van der Waals surface area contributed by atoms with Crippen molar-refractivity contribution in [1.82, 2.24) is 0 Å². The molecule has 2 N–H and O–H groups in total. The van der Waals surface area contributed by atoms with Crippen molar-refractivity contribution in [3.05, 3.63) is 52.3 Å². The zero-order chi connectivity index (χ0) is 12.4. The van der Waals surface area contributed by atoms with Crippen LogP contribution in [0.5, 0.6) is 11.5 Å². The van der Waals surface area contributed by atoms with Crippen LogP contribution in [-0.2, 0) is 0 Å². The third-order valence-electron chi connectivity index (χ3n) is 2.27. The molecule has 4 heteroatoms. The van der Waals surface area contributed by atoms with Crippen molar-refractivity contribution in [3.63, 3.8) is 0 Å². The van der Waals surface area contributed by atoms with Crippen molar-refractivity contribution < 1.29 is 9.13 Å². The van der Waals surface area contributed by atoms with Gasteiger partial charge in [0.05, 0.1) is 10.2 Å². The zero-order valence-corrected chi connectivity index (χ0v) is 10.8. The number of halogens is 2.